The van der Waals surface area contributed by atoms with Crippen molar-refractivity contribution in [2.75, 3.05) is 31.6 Å². The van der Waals surface area contributed by atoms with Crippen molar-refractivity contribution in [2.45, 2.75) is 25.8 Å². The van der Waals surface area contributed by atoms with Crippen LogP contribution in [0.1, 0.15) is 30.1 Å². The Morgan fingerprint density at radius 2 is 2.00 bits per heavy atom. The van der Waals surface area contributed by atoms with Gasteiger partial charge in [-0.1, -0.05) is 12.1 Å². The summed E-state index contributed by atoms with van der Waals surface area (Å²) in [6.45, 7) is 4.12. The van der Waals surface area contributed by atoms with Crippen LogP contribution in [0, 0.1) is 0 Å². The first-order valence-corrected chi connectivity index (χ1v) is 7.59. The molecule has 0 aliphatic carbocycles. The van der Waals surface area contributed by atoms with Gasteiger partial charge in [0.2, 0.25) is 5.91 Å². The number of hydrogen-bond acceptors (Lipinski definition) is 4. The third kappa shape index (κ3) is 4.54. The smallest absolute Gasteiger partial charge is 0.256 e. The first-order chi connectivity index (χ1) is 10.6. The van der Waals surface area contributed by atoms with Gasteiger partial charge in [-0.25, -0.2) is 0 Å². The lowest BCUT2D eigenvalue weighted by atomic mass is 10.1. The van der Waals surface area contributed by atoms with E-state index in [0.717, 1.165) is 0 Å². The van der Waals surface area contributed by atoms with Gasteiger partial charge in [-0.05, 0) is 25.5 Å². The van der Waals surface area contributed by atoms with E-state index >= 15 is 0 Å². The molecule has 0 radical (unpaired) electrons. The SMILES string of the molecule is CC(N)CCC(=O)Nc1ccccc1C(=O)N1CCOCC1. The molecule has 1 aliphatic heterocycles. The average molecular weight is 305 g/mol. The summed E-state index contributed by atoms with van der Waals surface area (Å²) < 4.78 is 5.26. The van der Waals surface area contributed by atoms with Crippen molar-refractivity contribution in [3.05, 3.63) is 29.8 Å². The van der Waals surface area contributed by atoms with Gasteiger partial charge in [0, 0.05) is 25.6 Å². The van der Waals surface area contributed by atoms with Crippen molar-refractivity contribution in [3.63, 3.8) is 0 Å². The van der Waals surface area contributed by atoms with Crippen LogP contribution in [-0.2, 0) is 9.53 Å². The second kappa shape index (κ2) is 7.91. The molecule has 120 valence electrons. The highest BCUT2D eigenvalue weighted by Crippen LogP contribution is 2.18. The lowest BCUT2D eigenvalue weighted by Crippen LogP contribution is -2.41. The van der Waals surface area contributed by atoms with Crippen LogP contribution in [0.25, 0.3) is 0 Å². The van der Waals surface area contributed by atoms with Crippen LogP contribution < -0.4 is 11.1 Å². The summed E-state index contributed by atoms with van der Waals surface area (Å²) >= 11 is 0. The van der Waals surface area contributed by atoms with E-state index in [9.17, 15) is 9.59 Å². The monoisotopic (exact) mass is 305 g/mol. The number of morpholine rings is 1. The van der Waals surface area contributed by atoms with E-state index in [1.165, 1.54) is 0 Å². The van der Waals surface area contributed by atoms with E-state index in [0.29, 0.717) is 50.4 Å². The van der Waals surface area contributed by atoms with Crippen LogP contribution in [-0.4, -0.2) is 49.1 Å². The summed E-state index contributed by atoms with van der Waals surface area (Å²) in [5.41, 5.74) is 6.72. The van der Waals surface area contributed by atoms with Crippen molar-refractivity contribution in [3.8, 4) is 0 Å². The van der Waals surface area contributed by atoms with Crippen LogP contribution in [0.4, 0.5) is 5.69 Å². The molecule has 0 aromatic heterocycles. The number of nitrogens with two attached hydrogens (primary N) is 1. The molecule has 1 aromatic rings. The van der Waals surface area contributed by atoms with Gasteiger partial charge in [-0.15, -0.1) is 0 Å². The Morgan fingerprint density at radius 1 is 1.32 bits per heavy atom. The summed E-state index contributed by atoms with van der Waals surface area (Å²) in [5, 5.41) is 2.81. The number of amides is 2. The molecule has 1 fully saturated rings. The minimum absolute atomic E-state index is 0.0176. The molecule has 6 heteroatoms. The summed E-state index contributed by atoms with van der Waals surface area (Å²) in [4.78, 5) is 26.3. The summed E-state index contributed by atoms with van der Waals surface area (Å²) in [7, 11) is 0. The molecule has 0 bridgehead atoms. The molecule has 0 saturated carbocycles. The number of carbonyl (C=O) groups excluding carboxylic acids is 2. The van der Waals surface area contributed by atoms with Gasteiger partial charge in [0.1, 0.15) is 0 Å². The Morgan fingerprint density at radius 3 is 2.68 bits per heavy atom. The number of para-hydroxylation sites is 1. The summed E-state index contributed by atoms with van der Waals surface area (Å²) in [5.74, 6) is -0.203. The Kier molecular flexibility index (Phi) is 5.91. The average Bonchev–Trinajstić information content (AvgIpc) is 2.53. The third-order valence-electron chi connectivity index (χ3n) is 3.56. The molecule has 1 heterocycles. The van der Waals surface area contributed by atoms with Gasteiger partial charge in [-0.2, -0.15) is 0 Å². The van der Waals surface area contributed by atoms with Crippen molar-refractivity contribution in [1.82, 2.24) is 4.90 Å². The molecule has 2 rings (SSSR count). The molecule has 1 unspecified atom stereocenters. The second-order valence-electron chi connectivity index (χ2n) is 5.51. The van der Waals surface area contributed by atoms with Crippen molar-refractivity contribution < 1.29 is 14.3 Å². The fourth-order valence-electron chi connectivity index (χ4n) is 2.29. The highest BCUT2D eigenvalue weighted by molar-refractivity contribution is 6.03. The van der Waals surface area contributed by atoms with Crippen LogP contribution >= 0.6 is 0 Å². The quantitative estimate of drug-likeness (QED) is 0.857. The Hall–Kier alpha value is -1.92. The molecular formula is C16H23N3O3. The predicted octanol–water partition coefficient (Wildman–Crippen LogP) is 1.22. The van der Waals surface area contributed by atoms with Gasteiger partial charge >= 0.3 is 0 Å². The molecule has 0 spiro atoms. The van der Waals surface area contributed by atoms with E-state index < -0.39 is 0 Å². The number of ether oxygens (including phenoxy) is 1. The maximum atomic E-state index is 12.6. The van der Waals surface area contributed by atoms with E-state index in [-0.39, 0.29) is 17.9 Å². The van der Waals surface area contributed by atoms with Crippen LogP contribution in [0.15, 0.2) is 24.3 Å². The summed E-state index contributed by atoms with van der Waals surface area (Å²) in [6.07, 6.45) is 0.961. The number of hydrogen-bond donors (Lipinski definition) is 2. The van der Waals surface area contributed by atoms with Gasteiger partial charge in [-0.3, -0.25) is 9.59 Å². The van der Waals surface area contributed by atoms with Gasteiger partial charge < -0.3 is 20.7 Å². The predicted molar refractivity (Wildman–Crippen MR) is 84.7 cm³/mol. The van der Waals surface area contributed by atoms with Gasteiger partial charge in [0.25, 0.3) is 5.91 Å². The first-order valence-electron chi connectivity index (χ1n) is 7.59. The van der Waals surface area contributed by atoms with Crippen LogP contribution in [0.2, 0.25) is 0 Å². The molecule has 1 aliphatic rings. The Labute approximate surface area is 130 Å². The fourth-order valence-corrected chi connectivity index (χ4v) is 2.29. The van der Waals surface area contributed by atoms with E-state index in [4.69, 9.17) is 10.5 Å². The molecule has 1 saturated heterocycles. The van der Waals surface area contributed by atoms with Crippen molar-refractivity contribution >= 4 is 17.5 Å². The normalized spacial score (nSPS) is 16.2. The van der Waals surface area contributed by atoms with Gasteiger partial charge in [0.15, 0.2) is 0 Å². The molecule has 2 amide bonds. The Bertz CT molecular complexity index is 525. The van der Waals surface area contributed by atoms with E-state index in [2.05, 4.69) is 5.32 Å². The summed E-state index contributed by atoms with van der Waals surface area (Å²) in [6, 6.07) is 7.06. The second-order valence-corrected chi connectivity index (χ2v) is 5.51. The number of rotatable bonds is 5. The zero-order valence-electron chi connectivity index (χ0n) is 12.9. The number of anilines is 1. The molecule has 22 heavy (non-hydrogen) atoms. The largest absolute Gasteiger partial charge is 0.378 e. The standard InChI is InChI=1S/C16H23N3O3/c1-12(17)6-7-15(20)18-14-5-3-2-4-13(14)16(21)19-8-10-22-11-9-19/h2-5,12H,6-11,17H2,1H3,(H,18,20). The number of carbonyl (C=O) groups is 2. The van der Waals surface area contributed by atoms with E-state index in [1.807, 2.05) is 6.92 Å². The lowest BCUT2D eigenvalue weighted by molar-refractivity contribution is -0.116. The van der Waals surface area contributed by atoms with Gasteiger partial charge in [0.05, 0.1) is 24.5 Å². The molecule has 1 atom stereocenters. The third-order valence-corrected chi connectivity index (χ3v) is 3.56. The minimum Gasteiger partial charge on any atom is -0.378 e. The fraction of sp³-hybridized carbons (Fsp3) is 0.500. The molecular weight excluding hydrogens is 282 g/mol. The highest BCUT2D eigenvalue weighted by atomic mass is 16.5. The topological polar surface area (TPSA) is 84.7 Å². The minimum atomic E-state index is -0.125. The zero-order chi connectivity index (χ0) is 15.9. The first kappa shape index (κ1) is 16.5. The maximum Gasteiger partial charge on any atom is 0.256 e. The Balaban J connectivity index is 2.05. The van der Waals surface area contributed by atoms with Crippen molar-refractivity contribution in [1.29, 1.82) is 0 Å². The molecule has 1 aromatic carbocycles. The number of benzene rings is 1. The zero-order valence-corrected chi connectivity index (χ0v) is 12.9. The van der Waals surface area contributed by atoms with Crippen LogP contribution in [0.3, 0.4) is 0 Å². The van der Waals surface area contributed by atoms with E-state index in [1.54, 1.807) is 29.2 Å². The molecule has 6 nitrogen and oxygen atoms in total. The van der Waals surface area contributed by atoms with Crippen molar-refractivity contribution in [2.24, 2.45) is 5.73 Å². The van der Waals surface area contributed by atoms with Crippen LogP contribution in [0.5, 0.6) is 0 Å². The number of nitrogens with zero attached hydrogens (tertiary/aromatic N) is 1. The molecule has 3 N–H and O–H groups in total. The highest BCUT2D eigenvalue weighted by Gasteiger charge is 2.21. The lowest BCUT2D eigenvalue weighted by Gasteiger charge is -2.27. The number of nitrogens with one attached hydrogen (secondary N) is 1. The maximum absolute atomic E-state index is 12.6.